The Balaban J connectivity index is 2.66. The van der Waals surface area contributed by atoms with Gasteiger partial charge in [-0.1, -0.05) is 6.92 Å². The topological polar surface area (TPSA) is 41.1 Å². The lowest BCUT2D eigenvalue weighted by Crippen LogP contribution is -2.48. The summed E-state index contributed by atoms with van der Waals surface area (Å²) in [5, 5.41) is 5.72. The van der Waals surface area contributed by atoms with Crippen LogP contribution in [0.25, 0.3) is 0 Å². The van der Waals surface area contributed by atoms with Gasteiger partial charge in [0.05, 0.1) is 0 Å². The predicted molar refractivity (Wildman–Crippen MR) is 72.0 cm³/mol. The van der Waals surface area contributed by atoms with Gasteiger partial charge in [0.1, 0.15) is 6.04 Å². The number of hydrogen-bond donors (Lipinski definition) is 2. The van der Waals surface area contributed by atoms with Crippen LogP contribution in [0.1, 0.15) is 34.1 Å². The number of halogens is 2. The van der Waals surface area contributed by atoms with E-state index in [4.69, 9.17) is 0 Å². The van der Waals surface area contributed by atoms with Crippen LogP contribution >= 0.6 is 0 Å². The Morgan fingerprint density at radius 2 is 1.95 bits per heavy atom. The van der Waals surface area contributed by atoms with E-state index in [-0.39, 0.29) is 11.4 Å². The van der Waals surface area contributed by atoms with Crippen LogP contribution < -0.4 is 10.6 Å². The molecule has 0 fully saturated rings. The molecule has 19 heavy (non-hydrogen) atoms. The van der Waals surface area contributed by atoms with E-state index in [9.17, 15) is 13.6 Å². The number of carbonyl (C=O) groups is 1. The Hall–Kier alpha value is -1.65. The number of anilines is 1. The number of amides is 1. The van der Waals surface area contributed by atoms with Crippen molar-refractivity contribution in [2.24, 2.45) is 0 Å². The van der Waals surface area contributed by atoms with Crippen molar-refractivity contribution in [3.63, 3.8) is 0 Å². The summed E-state index contributed by atoms with van der Waals surface area (Å²) in [7, 11) is 0. The van der Waals surface area contributed by atoms with Crippen LogP contribution in [-0.2, 0) is 4.79 Å². The Bertz CT molecular complexity index is 461. The molecular weight excluding hydrogens is 250 g/mol. The van der Waals surface area contributed by atoms with E-state index in [0.29, 0.717) is 5.69 Å². The molecule has 0 aliphatic carbocycles. The van der Waals surface area contributed by atoms with Crippen molar-refractivity contribution in [2.45, 2.75) is 45.7 Å². The predicted octanol–water partition coefficient (Wildman–Crippen LogP) is 3.07. The molecule has 0 bridgehead atoms. The minimum atomic E-state index is -0.938. The Kier molecular flexibility index (Phi) is 4.86. The molecule has 1 unspecified atom stereocenters. The molecule has 0 aliphatic heterocycles. The largest absolute Gasteiger partial charge is 0.374 e. The van der Waals surface area contributed by atoms with E-state index in [1.165, 1.54) is 6.07 Å². The number of nitrogens with one attached hydrogen (secondary N) is 2. The first-order valence-electron chi connectivity index (χ1n) is 6.29. The molecule has 0 aliphatic rings. The van der Waals surface area contributed by atoms with E-state index in [1.54, 1.807) is 6.92 Å². The van der Waals surface area contributed by atoms with Crippen molar-refractivity contribution < 1.29 is 13.6 Å². The summed E-state index contributed by atoms with van der Waals surface area (Å²) in [6.45, 7) is 7.50. The van der Waals surface area contributed by atoms with E-state index in [0.717, 1.165) is 18.6 Å². The van der Waals surface area contributed by atoms with Gasteiger partial charge in [0.25, 0.3) is 0 Å². The van der Waals surface area contributed by atoms with Crippen LogP contribution in [0, 0.1) is 11.6 Å². The first-order valence-corrected chi connectivity index (χ1v) is 6.29. The molecule has 5 heteroatoms. The van der Waals surface area contributed by atoms with Crippen molar-refractivity contribution in [1.82, 2.24) is 5.32 Å². The molecule has 0 radical (unpaired) electrons. The van der Waals surface area contributed by atoms with Gasteiger partial charge in [-0.05, 0) is 39.3 Å². The SMILES string of the molecule is CCC(C)(C)NC(=O)C(C)Nc1ccc(F)c(F)c1. The van der Waals surface area contributed by atoms with Crippen molar-refractivity contribution >= 4 is 11.6 Å². The zero-order valence-corrected chi connectivity index (χ0v) is 11.7. The van der Waals surface area contributed by atoms with Crippen molar-refractivity contribution in [3.05, 3.63) is 29.8 Å². The summed E-state index contributed by atoms with van der Waals surface area (Å²) in [6, 6.07) is 2.92. The second kappa shape index (κ2) is 5.99. The molecule has 1 aromatic rings. The summed E-state index contributed by atoms with van der Waals surface area (Å²) in [5.74, 6) is -2.03. The van der Waals surface area contributed by atoms with Gasteiger partial charge < -0.3 is 10.6 Å². The minimum Gasteiger partial charge on any atom is -0.374 e. The lowest BCUT2D eigenvalue weighted by Gasteiger charge is -2.27. The number of benzene rings is 1. The molecule has 1 aromatic carbocycles. The average Bonchev–Trinajstić information content (AvgIpc) is 2.33. The fourth-order valence-corrected chi connectivity index (χ4v) is 1.43. The van der Waals surface area contributed by atoms with Crippen molar-refractivity contribution in [1.29, 1.82) is 0 Å². The smallest absolute Gasteiger partial charge is 0.242 e. The zero-order chi connectivity index (χ0) is 14.6. The number of carbonyl (C=O) groups excluding carboxylic acids is 1. The van der Waals surface area contributed by atoms with E-state index >= 15 is 0 Å². The highest BCUT2D eigenvalue weighted by Crippen LogP contribution is 2.14. The maximum atomic E-state index is 13.0. The summed E-state index contributed by atoms with van der Waals surface area (Å²) in [6.07, 6.45) is 0.802. The van der Waals surface area contributed by atoms with Gasteiger partial charge >= 0.3 is 0 Å². The third-order valence-corrected chi connectivity index (χ3v) is 3.04. The molecule has 1 rings (SSSR count). The second-order valence-corrected chi connectivity index (χ2v) is 5.22. The van der Waals surface area contributed by atoms with Crippen LogP contribution in [0.3, 0.4) is 0 Å². The normalized spacial score (nSPS) is 12.9. The fraction of sp³-hybridized carbons (Fsp3) is 0.500. The van der Waals surface area contributed by atoms with Gasteiger partial charge in [0.15, 0.2) is 11.6 Å². The standard InChI is InChI=1S/C14H20F2N2O/c1-5-14(3,4)18-13(19)9(2)17-10-6-7-11(15)12(16)8-10/h6-9,17H,5H2,1-4H3,(H,18,19). The maximum Gasteiger partial charge on any atom is 0.242 e. The highest BCUT2D eigenvalue weighted by molar-refractivity contribution is 5.84. The molecule has 3 nitrogen and oxygen atoms in total. The molecule has 1 amide bonds. The van der Waals surface area contributed by atoms with Gasteiger partial charge in [-0.25, -0.2) is 8.78 Å². The quantitative estimate of drug-likeness (QED) is 0.863. The Labute approximate surface area is 112 Å². The summed E-state index contributed by atoms with van der Waals surface area (Å²) in [4.78, 5) is 11.9. The second-order valence-electron chi connectivity index (χ2n) is 5.22. The molecule has 0 heterocycles. The summed E-state index contributed by atoms with van der Waals surface area (Å²) < 4.78 is 25.8. The van der Waals surface area contributed by atoms with Gasteiger partial charge in [0, 0.05) is 17.3 Å². The summed E-state index contributed by atoms with van der Waals surface area (Å²) in [5.41, 5.74) is 0.0806. The summed E-state index contributed by atoms with van der Waals surface area (Å²) >= 11 is 0. The first kappa shape index (κ1) is 15.4. The average molecular weight is 270 g/mol. The Morgan fingerprint density at radius 1 is 1.32 bits per heavy atom. The van der Waals surface area contributed by atoms with Gasteiger partial charge in [-0.2, -0.15) is 0 Å². The number of hydrogen-bond acceptors (Lipinski definition) is 2. The van der Waals surface area contributed by atoms with Crippen molar-refractivity contribution in [2.75, 3.05) is 5.32 Å². The van der Waals surface area contributed by atoms with Crippen LogP contribution in [0.4, 0.5) is 14.5 Å². The van der Waals surface area contributed by atoms with Crippen molar-refractivity contribution in [3.8, 4) is 0 Å². The minimum absolute atomic E-state index is 0.184. The van der Waals surface area contributed by atoms with E-state index < -0.39 is 17.7 Å². The molecule has 0 spiro atoms. The maximum absolute atomic E-state index is 13.0. The van der Waals surface area contributed by atoms with Crippen LogP contribution in [0.2, 0.25) is 0 Å². The molecular formula is C14H20F2N2O. The molecule has 106 valence electrons. The van der Waals surface area contributed by atoms with Gasteiger partial charge in [0.2, 0.25) is 5.91 Å². The zero-order valence-electron chi connectivity index (χ0n) is 11.7. The lowest BCUT2D eigenvalue weighted by atomic mass is 10.0. The first-order chi connectivity index (χ1) is 8.75. The molecule has 0 saturated heterocycles. The molecule has 0 aromatic heterocycles. The molecule has 2 N–H and O–H groups in total. The highest BCUT2D eigenvalue weighted by Gasteiger charge is 2.21. The monoisotopic (exact) mass is 270 g/mol. The van der Waals surface area contributed by atoms with Crippen LogP contribution in [0.15, 0.2) is 18.2 Å². The fourth-order valence-electron chi connectivity index (χ4n) is 1.43. The molecule has 0 saturated carbocycles. The third-order valence-electron chi connectivity index (χ3n) is 3.04. The lowest BCUT2D eigenvalue weighted by molar-refractivity contribution is -0.123. The van der Waals surface area contributed by atoms with E-state index in [1.807, 2.05) is 20.8 Å². The molecule has 1 atom stereocenters. The third kappa shape index (κ3) is 4.50. The van der Waals surface area contributed by atoms with Crippen LogP contribution in [0.5, 0.6) is 0 Å². The van der Waals surface area contributed by atoms with E-state index in [2.05, 4.69) is 10.6 Å². The number of rotatable bonds is 5. The Morgan fingerprint density at radius 3 is 2.47 bits per heavy atom. The van der Waals surface area contributed by atoms with Gasteiger partial charge in [-0.15, -0.1) is 0 Å². The van der Waals surface area contributed by atoms with Crippen LogP contribution in [-0.4, -0.2) is 17.5 Å². The highest BCUT2D eigenvalue weighted by atomic mass is 19.2. The van der Waals surface area contributed by atoms with Gasteiger partial charge in [-0.3, -0.25) is 4.79 Å².